The molecule has 1 aromatic carbocycles. The number of nitrogens with zero attached hydrogens (tertiary/aromatic N) is 2. The van der Waals surface area contributed by atoms with Gasteiger partial charge in [0.2, 0.25) is 5.96 Å². The van der Waals surface area contributed by atoms with E-state index in [1.165, 1.54) is 14.0 Å². The van der Waals surface area contributed by atoms with Crippen molar-refractivity contribution in [2.75, 3.05) is 13.7 Å². The number of carbonyl (C=O) groups excluding carboxylic acids is 2. The Labute approximate surface area is 145 Å². The van der Waals surface area contributed by atoms with Crippen molar-refractivity contribution >= 4 is 24.0 Å². The average Bonchev–Trinajstić information content (AvgIpc) is 2.58. The van der Waals surface area contributed by atoms with Crippen LogP contribution >= 0.6 is 0 Å². The zero-order valence-corrected chi connectivity index (χ0v) is 14.3. The quantitative estimate of drug-likeness (QED) is 0.468. The standard InChI is InChI=1S/C16H21N3O6/c1-4-24-16(23)19(15(17)18(3)11(2)14(21)22)25-13(20)10-12-8-6-5-7-9-12/h5-9,11,17H,4,10H2,1-3H3,(H,21,22). The normalized spacial score (nSPS) is 11.2. The van der Waals surface area contributed by atoms with Gasteiger partial charge in [0.15, 0.2) is 0 Å². The molecule has 2 N–H and O–H groups in total. The average molecular weight is 351 g/mol. The Balaban J connectivity index is 2.89. The number of hydroxylamine groups is 2. The second-order valence-corrected chi connectivity index (χ2v) is 5.07. The molecule has 1 amide bonds. The topological polar surface area (TPSA) is 120 Å². The minimum atomic E-state index is -1.20. The number of amides is 1. The molecule has 25 heavy (non-hydrogen) atoms. The van der Waals surface area contributed by atoms with E-state index in [1.807, 2.05) is 0 Å². The predicted octanol–water partition coefficient (Wildman–Crippen LogP) is 1.49. The molecule has 0 saturated heterocycles. The van der Waals surface area contributed by atoms with Gasteiger partial charge in [0.25, 0.3) is 0 Å². The molecule has 0 heterocycles. The molecule has 0 bridgehead atoms. The molecule has 9 nitrogen and oxygen atoms in total. The maximum atomic E-state index is 12.1. The summed E-state index contributed by atoms with van der Waals surface area (Å²) >= 11 is 0. The number of carbonyl (C=O) groups is 3. The first-order chi connectivity index (χ1) is 11.8. The molecule has 0 fully saturated rings. The minimum absolute atomic E-state index is 0.00293. The van der Waals surface area contributed by atoms with Crippen molar-refractivity contribution in [3.63, 3.8) is 0 Å². The largest absolute Gasteiger partial charge is 0.480 e. The summed E-state index contributed by atoms with van der Waals surface area (Å²) < 4.78 is 4.76. The lowest BCUT2D eigenvalue weighted by molar-refractivity contribution is -0.168. The SMILES string of the molecule is CCOC(=O)N(OC(=O)Cc1ccccc1)C(=N)N(C)C(C)C(=O)O. The first-order valence-electron chi connectivity index (χ1n) is 7.53. The Morgan fingerprint density at radius 1 is 1.24 bits per heavy atom. The monoisotopic (exact) mass is 351 g/mol. The molecule has 0 aliphatic heterocycles. The van der Waals surface area contributed by atoms with Crippen molar-refractivity contribution in [2.24, 2.45) is 0 Å². The van der Waals surface area contributed by atoms with E-state index in [9.17, 15) is 14.4 Å². The van der Waals surface area contributed by atoms with Gasteiger partial charge < -0.3 is 19.6 Å². The maximum Gasteiger partial charge on any atom is 0.451 e. The Hall–Kier alpha value is -3.10. The second-order valence-electron chi connectivity index (χ2n) is 5.07. The predicted molar refractivity (Wildman–Crippen MR) is 87.7 cm³/mol. The number of ether oxygens (including phenoxy) is 1. The number of likely N-dealkylation sites (N-methyl/N-ethyl adjacent to an activating group) is 1. The lowest BCUT2D eigenvalue weighted by Gasteiger charge is -2.29. The van der Waals surface area contributed by atoms with Crippen LogP contribution in [0.2, 0.25) is 0 Å². The Bertz CT molecular complexity index is 634. The van der Waals surface area contributed by atoms with Crippen LogP contribution in [0.1, 0.15) is 19.4 Å². The van der Waals surface area contributed by atoms with Crippen LogP contribution in [0, 0.1) is 5.41 Å². The van der Waals surface area contributed by atoms with Crippen LogP contribution in [-0.4, -0.2) is 58.8 Å². The molecule has 0 saturated carbocycles. The molecule has 0 aliphatic carbocycles. The lowest BCUT2D eigenvalue weighted by atomic mass is 10.2. The number of benzene rings is 1. The van der Waals surface area contributed by atoms with E-state index in [1.54, 1.807) is 37.3 Å². The molecular formula is C16H21N3O6. The number of rotatable bonds is 5. The summed E-state index contributed by atoms with van der Waals surface area (Å²) in [5.41, 5.74) is 0.662. The molecule has 1 atom stereocenters. The Kier molecular flexibility index (Phi) is 7.39. The number of hydrogen-bond donors (Lipinski definition) is 2. The number of hydrogen-bond acceptors (Lipinski definition) is 6. The number of nitrogens with one attached hydrogen (secondary N) is 1. The van der Waals surface area contributed by atoms with Gasteiger partial charge in [-0.15, -0.1) is 0 Å². The third-order valence-electron chi connectivity index (χ3n) is 3.28. The van der Waals surface area contributed by atoms with E-state index >= 15 is 0 Å². The first kappa shape index (κ1) is 19.9. The van der Waals surface area contributed by atoms with E-state index in [-0.39, 0.29) is 13.0 Å². The van der Waals surface area contributed by atoms with Gasteiger partial charge in [-0.05, 0) is 19.4 Å². The molecule has 1 aromatic rings. The van der Waals surface area contributed by atoms with Crippen LogP contribution in [0.25, 0.3) is 0 Å². The van der Waals surface area contributed by atoms with E-state index in [2.05, 4.69) is 0 Å². The van der Waals surface area contributed by atoms with Crippen LogP contribution in [0.15, 0.2) is 30.3 Å². The zero-order valence-electron chi connectivity index (χ0n) is 14.3. The van der Waals surface area contributed by atoms with Crippen LogP contribution < -0.4 is 0 Å². The fourth-order valence-electron chi connectivity index (χ4n) is 1.74. The highest BCUT2D eigenvalue weighted by atomic mass is 16.8. The van der Waals surface area contributed by atoms with Crippen molar-refractivity contribution in [3.05, 3.63) is 35.9 Å². The molecule has 1 rings (SSSR count). The highest BCUT2D eigenvalue weighted by Gasteiger charge is 2.31. The van der Waals surface area contributed by atoms with Gasteiger partial charge in [0, 0.05) is 7.05 Å². The van der Waals surface area contributed by atoms with Crippen LogP contribution in [-0.2, 0) is 25.6 Å². The van der Waals surface area contributed by atoms with Crippen LogP contribution in [0.4, 0.5) is 4.79 Å². The van der Waals surface area contributed by atoms with Gasteiger partial charge >= 0.3 is 18.0 Å². The second kappa shape index (κ2) is 9.26. The summed E-state index contributed by atoms with van der Waals surface area (Å²) in [4.78, 5) is 41.0. The van der Waals surface area contributed by atoms with E-state index < -0.39 is 30.0 Å². The molecule has 0 spiro atoms. The van der Waals surface area contributed by atoms with Gasteiger partial charge in [-0.2, -0.15) is 0 Å². The summed E-state index contributed by atoms with van der Waals surface area (Å²) in [7, 11) is 1.29. The smallest absolute Gasteiger partial charge is 0.451 e. The van der Waals surface area contributed by atoms with E-state index in [0.717, 1.165) is 4.90 Å². The summed E-state index contributed by atoms with van der Waals surface area (Å²) in [6.45, 7) is 2.87. The molecule has 0 aliphatic rings. The molecule has 9 heteroatoms. The molecule has 1 unspecified atom stereocenters. The lowest BCUT2D eigenvalue weighted by Crippen LogP contribution is -2.51. The maximum absolute atomic E-state index is 12.1. The fourth-order valence-corrected chi connectivity index (χ4v) is 1.74. The van der Waals surface area contributed by atoms with E-state index in [0.29, 0.717) is 10.6 Å². The summed E-state index contributed by atoms with van der Waals surface area (Å²) in [5.74, 6) is -2.62. The highest BCUT2D eigenvalue weighted by molar-refractivity contribution is 5.94. The number of guanidine groups is 1. The number of carboxylic acids is 1. The summed E-state index contributed by atoms with van der Waals surface area (Å²) in [6, 6.07) is 7.58. The molecule has 0 radical (unpaired) electrons. The van der Waals surface area contributed by atoms with Gasteiger partial charge in [-0.1, -0.05) is 35.4 Å². The summed E-state index contributed by atoms with van der Waals surface area (Å²) in [6.07, 6.45) is -1.21. The van der Waals surface area contributed by atoms with Gasteiger partial charge in [-0.3, -0.25) is 5.41 Å². The number of aliphatic carboxylic acids is 1. The molecule has 0 aromatic heterocycles. The number of carboxylic acid groups (broad SMARTS) is 1. The molecular weight excluding hydrogens is 330 g/mol. The zero-order chi connectivity index (χ0) is 19.0. The summed E-state index contributed by atoms with van der Waals surface area (Å²) in [5, 5.41) is 17.3. The highest BCUT2D eigenvalue weighted by Crippen LogP contribution is 2.08. The molecule has 136 valence electrons. The van der Waals surface area contributed by atoms with E-state index in [4.69, 9.17) is 20.1 Å². The fraction of sp³-hybridized carbons (Fsp3) is 0.375. The Morgan fingerprint density at radius 3 is 2.36 bits per heavy atom. The van der Waals surface area contributed by atoms with Crippen molar-refractivity contribution in [1.82, 2.24) is 9.96 Å². The first-order valence-corrected chi connectivity index (χ1v) is 7.53. The van der Waals surface area contributed by atoms with Crippen molar-refractivity contribution in [3.8, 4) is 0 Å². The van der Waals surface area contributed by atoms with Gasteiger partial charge in [0.05, 0.1) is 13.0 Å². The van der Waals surface area contributed by atoms with Crippen molar-refractivity contribution < 1.29 is 29.1 Å². The van der Waals surface area contributed by atoms with Crippen molar-refractivity contribution in [1.29, 1.82) is 5.41 Å². The minimum Gasteiger partial charge on any atom is -0.480 e. The van der Waals surface area contributed by atoms with Crippen LogP contribution in [0.3, 0.4) is 0 Å². The Morgan fingerprint density at radius 2 is 1.84 bits per heavy atom. The van der Waals surface area contributed by atoms with Crippen LogP contribution in [0.5, 0.6) is 0 Å². The van der Waals surface area contributed by atoms with Crippen molar-refractivity contribution in [2.45, 2.75) is 26.3 Å². The third kappa shape index (κ3) is 5.79. The third-order valence-corrected chi connectivity index (χ3v) is 3.28. The van der Waals surface area contributed by atoms with Gasteiger partial charge in [-0.25, -0.2) is 14.4 Å². The van der Waals surface area contributed by atoms with Gasteiger partial charge in [0.1, 0.15) is 6.04 Å².